The topological polar surface area (TPSA) is 78.3 Å². The maximum absolute atomic E-state index is 12.9. The van der Waals surface area contributed by atoms with Crippen molar-refractivity contribution >= 4 is 15.8 Å². The zero-order valence-electron chi connectivity index (χ0n) is 10.5. The van der Waals surface area contributed by atoms with Crippen LogP contribution in [0.2, 0.25) is 0 Å². The van der Waals surface area contributed by atoms with Gasteiger partial charge in [0, 0.05) is 6.26 Å². The highest BCUT2D eigenvalue weighted by atomic mass is 32.2. The molecule has 1 aromatic rings. The molecule has 1 rings (SSSR count). The minimum absolute atomic E-state index is 0.0516. The average molecular weight is 296 g/mol. The lowest BCUT2D eigenvalue weighted by Crippen LogP contribution is -2.16. The SMILES string of the molecule is CCOC(=O)c1cnn(CCS(C)(=O)=O)c1C(F)F. The van der Waals surface area contributed by atoms with Gasteiger partial charge in [-0.15, -0.1) is 0 Å². The standard InChI is InChI=1S/C10H14F2N2O4S/c1-3-18-10(15)7-6-13-14(8(7)9(11)12)4-5-19(2,16)17/h6,9H,3-5H2,1-2H3. The lowest BCUT2D eigenvalue weighted by atomic mass is 10.2. The fourth-order valence-corrected chi connectivity index (χ4v) is 1.93. The Morgan fingerprint density at radius 3 is 2.63 bits per heavy atom. The lowest BCUT2D eigenvalue weighted by Gasteiger charge is -2.08. The molecule has 0 atom stereocenters. The van der Waals surface area contributed by atoms with Crippen molar-refractivity contribution in [1.29, 1.82) is 0 Å². The molecular formula is C10H14F2N2O4S. The van der Waals surface area contributed by atoms with E-state index in [1.165, 1.54) is 0 Å². The van der Waals surface area contributed by atoms with E-state index < -0.39 is 27.9 Å². The Balaban J connectivity index is 3.03. The number of hydrogen-bond acceptors (Lipinski definition) is 5. The number of esters is 1. The molecule has 1 heterocycles. The largest absolute Gasteiger partial charge is 0.462 e. The van der Waals surface area contributed by atoms with Crippen LogP contribution < -0.4 is 0 Å². The van der Waals surface area contributed by atoms with Crippen molar-refractivity contribution in [3.63, 3.8) is 0 Å². The molecule has 9 heteroatoms. The molecule has 0 aliphatic heterocycles. The van der Waals surface area contributed by atoms with Crippen LogP contribution in [0.15, 0.2) is 6.20 Å². The van der Waals surface area contributed by atoms with Crippen molar-refractivity contribution in [3.8, 4) is 0 Å². The van der Waals surface area contributed by atoms with Gasteiger partial charge in [-0.25, -0.2) is 22.0 Å². The summed E-state index contributed by atoms with van der Waals surface area (Å²) >= 11 is 0. The molecule has 0 saturated heterocycles. The maximum Gasteiger partial charge on any atom is 0.341 e. The summed E-state index contributed by atoms with van der Waals surface area (Å²) in [5.74, 6) is -1.24. The highest BCUT2D eigenvalue weighted by molar-refractivity contribution is 7.90. The molecule has 0 radical (unpaired) electrons. The lowest BCUT2D eigenvalue weighted by molar-refractivity contribution is 0.0513. The number of carbonyl (C=O) groups is 1. The molecule has 0 aliphatic rings. The van der Waals surface area contributed by atoms with E-state index in [0.29, 0.717) is 0 Å². The van der Waals surface area contributed by atoms with E-state index in [2.05, 4.69) is 9.84 Å². The third kappa shape index (κ3) is 4.27. The summed E-state index contributed by atoms with van der Waals surface area (Å²) in [5.41, 5.74) is -0.965. The van der Waals surface area contributed by atoms with Crippen molar-refractivity contribution < 1.29 is 26.7 Å². The molecular weight excluding hydrogens is 282 g/mol. The van der Waals surface area contributed by atoms with Crippen LogP contribution in [0.5, 0.6) is 0 Å². The Hall–Kier alpha value is -1.51. The number of rotatable bonds is 6. The van der Waals surface area contributed by atoms with Crippen LogP contribution in [0.1, 0.15) is 29.4 Å². The Labute approximate surface area is 109 Å². The number of alkyl halides is 2. The minimum atomic E-state index is -3.31. The summed E-state index contributed by atoms with van der Waals surface area (Å²) in [6.45, 7) is 1.36. The molecule has 108 valence electrons. The molecule has 0 N–H and O–H groups in total. The fraction of sp³-hybridized carbons (Fsp3) is 0.600. The van der Waals surface area contributed by atoms with E-state index in [0.717, 1.165) is 17.1 Å². The van der Waals surface area contributed by atoms with Gasteiger partial charge in [-0.05, 0) is 6.92 Å². The summed E-state index contributed by atoms with van der Waals surface area (Å²) in [6.07, 6.45) is -0.992. The van der Waals surface area contributed by atoms with Crippen LogP contribution in [0.3, 0.4) is 0 Å². The van der Waals surface area contributed by atoms with Gasteiger partial charge in [0.25, 0.3) is 6.43 Å². The highest BCUT2D eigenvalue weighted by Crippen LogP contribution is 2.23. The number of halogens is 2. The van der Waals surface area contributed by atoms with Crippen molar-refractivity contribution in [3.05, 3.63) is 17.5 Å². The van der Waals surface area contributed by atoms with Gasteiger partial charge in [-0.2, -0.15) is 5.10 Å². The van der Waals surface area contributed by atoms with Gasteiger partial charge in [0.1, 0.15) is 21.1 Å². The molecule has 0 bridgehead atoms. The van der Waals surface area contributed by atoms with Gasteiger partial charge < -0.3 is 4.74 Å². The van der Waals surface area contributed by atoms with Gasteiger partial charge in [-0.3, -0.25) is 4.68 Å². The molecule has 0 fully saturated rings. The molecule has 0 amide bonds. The molecule has 0 aliphatic carbocycles. The molecule has 0 unspecified atom stereocenters. The van der Waals surface area contributed by atoms with E-state index in [1.807, 2.05) is 0 Å². The second kappa shape index (κ2) is 6.09. The summed E-state index contributed by atoms with van der Waals surface area (Å²) in [6, 6.07) is 0. The number of hydrogen-bond donors (Lipinski definition) is 0. The number of ether oxygens (including phenoxy) is 1. The van der Waals surface area contributed by atoms with Crippen molar-refractivity contribution in [1.82, 2.24) is 9.78 Å². The van der Waals surface area contributed by atoms with E-state index >= 15 is 0 Å². The summed E-state index contributed by atoms with van der Waals surface area (Å²) in [7, 11) is -3.31. The minimum Gasteiger partial charge on any atom is -0.462 e. The van der Waals surface area contributed by atoms with Gasteiger partial charge in [-0.1, -0.05) is 0 Å². The Morgan fingerprint density at radius 2 is 2.16 bits per heavy atom. The zero-order valence-corrected chi connectivity index (χ0v) is 11.3. The number of sulfone groups is 1. The second-order valence-electron chi connectivity index (χ2n) is 3.82. The summed E-state index contributed by atoms with van der Waals surface area (Å²) in [4.78, 5) is 11.5. The first-order valence-electron chi connectivity index (χ1n) is 5.45. The number of nitrogens with zero attached hydrogens (tertiary/aromatic N) is 2. The first-order valence-corrected chi connectivity index (χ1v) is 7.51. The third-order valence-corrected chi connectivity index (χ3v) is 3.18. The Morgan fingerprint density at radius 1 is 1.53 bits per heavy atom. The predicted octanol–water partition coefficient (Wildman–Crippen LogP) is 1.04. The van der Waals surface area contributed by atoms with E-state index in [4.69, 9.17) is 0 Å². The van der Waals surface area contributed by atoms with Crippen molar-refractivity contribution in [2.45, 2.75) is 19.9 Å². The number of aromatic nitrogens is 2. The number of aryl methyl sites for hydroxylation is 1. The zero-order chi connectivity index (χ0) is 14.6. The molecule has 0 saturated carbocycles. The van der Waals surface area contributed by atoms with Crippen LogP contribution in [0.25, 0.3) is 0 Å². The summed E-state index contributed by atoms with van der Waals surface area (Å²) < 4.78 is 53.3. The van der Waals surface area contributed by atoms with Crippen LogP contribution in [0.4, 0.5) is 8.78 Å². The average Bonchev–Trinajstić information content (AvgIpc) is 2.69. The molecule has 6 nitrogen and oxygen atoms in total. The van der Waals surface area contributed by atoms with Crippen LogP contribution in [0, 0.1) is 0 Å². The molecule has 0 aromatic carbocycles. The Bertz CT molecular complexity index is 554. The van der Waals surface area contributed by atoms with Gasteiger partial charge in [0.15, 0.2) is 0 Å². The van der Waals surface area contributed by atoms with E-state index in [1.54, 1.807) is 6.92 Å². The van der Waals surface area contributed by atoms with E-state index in [-0.39, 0.29) is 24.5 Å². The highest BCUT2D eigenvalue weighted by Gasteiger charge is 2.25. The van der Waals surface area contributed by atoms with Crippen molar-refractivity contribution in [2.75, 3.05) is 18.6 Å². The van der Waals surface area contributed by atoms with Gasteiger partial charge in [0.05, 0.1) is 25.1 Å². The molecule has 0 spiro atoms. The molecule has 19 heavy (non-hydrogen) atoms. The van der Waals surface area contributed by atoms with Gasteiger partial charge in [0.2, 0.25) is 0 Å². The summed E-state index contributed by atoms with van der Waals surface area (Å²) in [5, 5.41) is 3.62. The quantitative estimate of drug-likeness (QED) is 0.733. The van der Waals surface area contributed by atoms with Crippen LogP contribution in [-0.4, -0.2) is 42.8 Å². The smallest absolute Gasteiger partial charge is 0.341 e. The van der Waals surface area contributed by atoms with Crippen LogP contribution in [-0.2, 0) is 21.1 Å². The van der Waals surface area contributed by atoms with E-state index in [9.17, 15) is 22.0 Å². The van der Waals surface area contributed by atoms with Crippen LogP contribution >= 0.6 is 0 Å². The first kappa shape index (κ1) is 15.5. The predicted molar refractivity (Wildman–Crippen MR) is 62.9 cm³/mol. The third-order valence-electron chi connectivity index (χ3n) is 2.26. The van der Waals surface area contributed by atoms with Crippen molar-refractivity contribution in [2.24, 2.45) is 0 Å². The maximum atomic E-state index is 12.9. The molecule has 1 aromatic heterocycles. The number of carbonyl (C=O) groups excluding carboxylic acids is 1. The Kier molecular flexibility index (Phi) is 4.98. The monoisotopic (exact) mass is 296 g/mol. The normalized spacial score (nSPS) is 11.8. The second-order valence-corrected chi connectivity index (χ2v) is 6.08. The first-order chi connectivity index (χ1) is 8.76. The van der Waals surface area contributed by atoms with Gasteiger partial charge >= 0.3 is 5.97 Å². The fourth-order valence-electron chi connectivity index (χ4n) is 1.42.